The summed E-state index contributed by atoms with van der Waals surface area (Å²) in [6.45, 7) is 5.82. The molecule has 0 unspecified atom stereocenters. The van der Waals surface area contributed by atoms with Crippen LogP contribution in [0.3, 0.4) is 0 Å². The van der Waals surface area contributed by atoms with E-state index < -0.39 is 0 Å². The molecule has 0 spiro atoms. The molecule has 0 aliphatic carbocycles. The number of nitrogens with zero attached hydrogens (tertiary/aromatic N) is 5. The summed E-state index contributed by atoms with van der Waals surface area (Å²) in [4.78, 5) is 15.5. The van der Waals surface area contributed by atoms with Crippen LogP contribution >= 0.6 is 12.2 Å². The third-order valence-corrected chi connectivity index (χ3v) is 6.62. The maximum absolute atomic E-state index is 5.83. The summed E-state index contributed by atoms with van der Waals surface area (Å²) >= 11 is 5.83. The van der Waals surface area contributed by atoms with Crippen LogP contribution in [-0.2, 0) is 13.1 Å². The summed E-state index contributed by atoms with van der Waals surface area (Å²) in [5, 5.41) is 4.28. The average Bonchev–Trinajstić information content (AvgIpc) is 3.31. The van der Waals surface area contributed by atoms with Crippen molar-refractivity contribution in [3.63, 3.8) is 0 Å². The zero-order valence-electron chi connectivity index (χ0n) is 18.7. The smallest absolute Gasteiger partial charge is 0.170 e. The van der Waals surface area contributed by atoms with Gasteiger partial charge in [-0.1, -0.05) is 18.2 Å². The lowest BCUT2D eigenvalue weighted by Gasteiger charge is -2.28. The van der Waals surface area contributed by atoms with Crippen LogP contribution < -0.4 is 5.32 Å². The zero-order chi connectivity index (χ0) is 22.8. The summed E-state index contributed by atoms with van der Waals surface area (Å²) in [7, 11) is 0. The van der Waals surface area contributed by atoms with Crippen molar-refractivity contribution in [2.45, 2.75) is 39.0 Å². The molecule has 1 aliphatic rings. The highest BCUT2D eigenvalue weighted by molar-refractivity contribution is 7.80. The third kappa shape index (κ3) is 4.24. The van der Waals surface area contributed by atoms with Crippen molar-refractivity contribution in [2.24, 2.45) is 0 Å². The summed E-state index contributed by atoms with van der Waals surface area (Å²) in [6, 6.07) is 16.5. The van der Waals surface area contributed by atoms with E-state index in [4.69, 9.17) is 12.2 Å². The van der Waals surface area contributed by atoms with Crippen molar-refractivity contribution in [2.75, 3.05) is 0 Å². The molecular weight excluding hydrogens is 428 g/mol. The van der Waals surface area contributed by atoms with E-state index in [1.165, 1.54) is 22.5 Å². The van der Waals surface area contributed by atoms with E-state index in [9.17, 15) is 0 Å². The first-order valence-corrected chi connectivity index (χ1v) is 11.4. The van der Waals surface area contributed by atoms with E-state index in [0.717, 1.165) is 22.9 Å². The largest absolute Gasteiger partial charge is 0.352 e. The quantitative estimate of drug-likeness (QED) is 0.433. The Balaban J connectivity index is 1.56. The molecular formula is C26H26N6S. The number of hydrogen-bond acceptors (Lipinski definition) is 4. The van der Waals surface area contributed by atoms with Gasteiger partial charge in [0.2, 0.25) is 0 Å². The lowest BCUT2D eigenvalue weighted by atomic mass is 9.96. The van der Waals surface area contributed by atoms with Gasteiger partial charge in [-0.05, 0) is 73.1 Å². The van der Waals surface area contributed by atoms with Crippen LogP contribution in [0.4, 0.5) is 0 Å². The van der Waals surface area contributed by atoms with Gasteiger partial charge in [-0.25, -0.2) is 0 Å². The molecule has 166 valence electrons. The Hall–Kier alpha value is -3.58. The number of aromatic nitrogens is 4. The van der Waals surface area contributed by atoms with Crippen LogP contribution in [0.15, 0.2) is 79.5 Å². The van der Waals surface area contributed by atoms with E-state index in [-0.39, 0.29) is 12.1 Å². The highest BCUT2D eigenvalue weighted by atomic mass is 32.1. The molecule has 1 fully saturated rings. The van der Waals surface area contributed by atoms with E-state index >= 15 is 0 Å². The van der Waals surface area contributed by atoms with Crippen molar-refractivity contribution in [1.82, 2.24) is 29.7 Å². The first-order valence-electron chi connectivity index (χ1n) is 11.0. The molecule has 0 amide bonds. The summed E-state index contributed by atoms with van der Waals surface area (Å²) in [5.41, 5.74) is 6.98. The SMILES string of the molecule is Cc1cc([C@H]2[C@H](c3ccccn3)NC(=S)N2Cc2cccnc2)c(C)n1Cc1cccnc1. The van der Waals surface area contributed by atoms with Gasteiger partial charge in [0.05, 0.1) is 17.8 Å². The minimum atomic E-state index is -0.0392. The van der Waals surface area contributed by atoms with Crippen LogP contribution in [0.2, 0.25) is 0 Å². The maximum atomic E-state index is 5.83. The lowest BCUT2D eigenvalue weighted by molar-refractivity contribution is 0.309. The molecule has 7 heteroatoms. The summed E-state index contributed by atoms with van der Waals surface area (Å²) in [6.07, 6.45) is 9.27. The van der Waals surface area contributed by atoms with Crippen molar-refractivity contribution < 1.29 is 0 Å². The molecule has 4 aromatic heterocycles. The first-order chi connectivity index (χ1) is 16.1. The van der Waals surface area contributed by atoms with Gasteiger partial charge >= 0.3 is 0 Å². The van der Waals surface area contributed by atoms with Gasteiger partial charge in [-0.2, -0.15) is 0 Å². The Morgan fingerprint density at radius 2 is 1.64 bits per heavy atom. The van der Waals surface area contributed by atoms with Gasteiger partial charge in [0.15, 0.2) is 5.11 Å². The normalized spacial score (nSPS) is 17.9. The standard InChI is InChI=1S/C26H26N6S/c1-18-13-22(19(2)31(18)16-20-7-5-10-27-14-20)25-24(23-9-3-4-12-29-23)30-26(33)32(25)17-21-8-6-11-28-15-21/h3-15,24-25H,16-17H2,1-2H3,(H,30,33)/t24-,25-/m0/s1. The highest BCUT2D eigenvalue weighted by Crippen LogP contribution is 2.41. The second-order valence-corrected chi connectivity index (χ2v) is 8.78. The predicted octanol–water partition coefficient (Wildman–Crippen LogP) is 4.51. The molecule has 1 saturated heterocycles. The molecule has 5 heterocycles. The Bertz CT molecular complexity index is 1240. The molecule has 2 atom stereocenters. The molecule has 0 radical (unpaired) electrons. The number of rotatable bonds is 6. The minimum Gasteiger partial charge on any atom is -0.352 e. The van der Waals surface area contributed by atoms with Crippen molar-refractivity contribution >= 4 is 17.3 Å². The van der Waals surface area contributed by atoms with Crippen LogP contribution in [0, 0.1) is 13.8 Å². The van der Waals surface area contributed by atoms with E-state index in [2.05, 4.69) is 67.8 Å². The first kappa shape index (κ1) is 21.3. The Morgan fingerprint density at radius 1 is 0.909 bits per heavy atom. The topological polar surface area (TPSA) is 58.9 Å². The second-order valence-electron chi connectivity index (χ2n) is 8.39. The molecule has 0 saturated carbocycles. The average molecular weight is 455 g/mol. The molecule has 5 rings (SSSR count). The van der Waals surface area contributed by atoms with Crippen LogP contribution in [-0.4, -0.2) is 29.5 Å². The lowest BCUT2D eigenvalue weighted by Crippen LogP contribution is -2.29. The molecule has 4 aromatic rings. The van der Waals surface area contributed by atoms with Gasteiger partial charge in [-0.3, -0.25) is 15.0 Å². The van der Waals surface area contributed by atoms with E-state index in [1.54, 1.807) is 6.20 Å². The highest BCUT2D eigenvalue weighted by Gasteiger charge is 2.41. The molecule has 1 aliphatic heterocycles. The minimum absolute atomic E-state index is 0.0152. The fourth-order valence-corrected chi connectivity index (χ4v) is 4.95. The zero-order valence-corrected chi connectivity index (χ0v) is 19.5. The Labute approximate surface area is 199 Å². The number of aryl methyl sites for hydroxylation is 1. The predicted molar refractivity (Wildman–Crippen MR) is 132 cm³/mol. The van der Waals surface area contributed by atoms with Gasteiger partial charge in [0, 0.05) is 55.5 Å². The number of nitrogens with one attached hydrogen (secondary N) is 1. The number of pyridine rings is 3. The monoisotopic (exact) mass is 454 g/mol. The molecule has 0 aromatic carbocycles. The summed E-state index contributed by atoms with van der Waals surface area (Å²) < 4.78 is 2.35. The van der Waals surface area contributed by atoms with Crippen molar-refractivity contribution in [3.05, 3.63) is 113 Å². The second kappa shape index (κ2) is 9.11. The van der Waals surface area contributed by atoms with Crippen LogP contribution in [0.5, 0.6) is 0 Å². The molecule has 6 nitrogen and oxygen atoms in total. The maximum Gasteiger partial charge on any atom is 0.170 e. The van der Waals surface area contributed by atoms with E-state index in [1.807, 2.05) is 49.1 Å². The molecule has 1 N–H and O–H groups in total. The van der Waals surface area contributed by atoms with Crippen molar-refractivity contribution in [1.29, 1.82) is 0 Å². The summed E-state index contributed by atoms with van der Waals surface area (Å²) in [5.74, 6) is 0. The van der Waals surface area contributed by atoms with Gasteiger partial charge in [0.25, 0.3) is 0 Å². The van der Waals surface area contributed by atoms with Crippen molar-refractivity contribution in [3.8, 4) is 0 Å². The fraction of sp³-hybridized carbons (Fsp3) is 0.231. The van der Waals surface area contributed by atoms with Gasteiger partial charge < -0.3 is 14.8 Å². The van der Waals surface area contributed by atoms with E-state index in [0.29, 0.717) is 6.54 Å². The van der Waals surface area contributed by atoms with Gasteiger partial charge in [-0.15, -0.1) is 0 Å². The number of thiocarbonyl (C=S) groups is 1. The third-order valence-electron chi connectivity index (χ3n) is 6.27. The van der Waals surface area contributed by atoms with Gasteiger partial charge in [0.1, 0.15) is 0 Å². The van der Waals surface area contributed by atoms with Crippen LogP contribution in [0.25, 0.3) is 0 Å². The fourth-order valence-electron chi connectivity index (χ4n) is 4.65. The number of hydrogen-bond donors (Lipinski definition) is 1. The molecule has 0 bridgehead atoms. The molecule has 33 heavy (non-hydrogen) atoms. The Kier molecular flexibility index (Phi) is 5.88. The van der Waals surface area contributed by atoms with Crippen LogP contribution in [0.1, 0.15) is 45.9 Å². The Morgan fingerprint density at radius 3 is 2.27 bits per heavy atom.